The summed E-state index contributed by atoms with van der Waals surface area (Å²) in [6.07, 6.45) is 5.82. The molecule has 6 heteroatoms. The molecule has 21 heavy (non-hydrogen) atoms. The molecule has 2 atom stereocenters. The van der Waals surface area contributed by atoms with Crippen LogP contribution < -0.4 is 11.1 Å². The minimum Gasteiger partial charge on any atom is -0.481 e. The van der Waals surface area contributed by atoms with E-state index in [1.54, 1.807) is 4.90 Å². The number of urea groups is 1. The van der Waals surface area contributed by atoms with Crippen LogP contribution in [0.5, 0.6) is 0 Å². The van der Waals surface area contributed by atoms with Crippen LogP contribution in [0, 0.1) is 5.41 Å². The molecule has 6 nitrogen and oxygen atoms in total. The van der Waals surface area contributed by atoms with Crippen LogP contribution in [0.2, 0.25) is 0 Å². The Balaban J connectivity index is 1.87. The lowest BCUT2D eigenvalue weighted by Crippen LogP contribution is -2.55. The van der Waals surface area contributed by atoms with Crippen molar-refractivity contribution in [2.45, 2.75) is 64.0 Å². The van der Waals surface area contributed by atoms with Gasteiger partial charge in [0.25, 0.3) is 0 Å². The SMILES string of the molecule is CCC1(C(=O)O)CCN(C(=O)NC2CCCCC2N)CC1. The second-order valence-corrected chi connectivity index (χ2v) is 6.43. The van der Waals surface area contributed by atoms with Gasteiger partial charge in [0.2, 0.25) is 0 Å². The lowest BCUT2D eigenvalue weighted by molar-refractivity contribution is -0.151. The van der Waals surface area contributed by atoms with Gasteiger partial charge in [-0.3, -0.25) is 4.79 Å². The van der Waals surface area contributed by atoms with Crippen molar-refractivity contribution in [3.63, 3.8) is 0 Å². The number of hydrogen-bond acceptors (Lipinski definition) is 3. The molecule has 0 aromatic rings. The van der Waals surface area contributed by atoms with Crippen molar-refractivity contribution in [1.82, 2.24) is 10.2 Å². The van der Waals surface area contributed by atoms with E-state index in [2.05, 4.69) is 5.32 Å². The monoisotopic (exact) mass is 297 g/mol. The van der Waals surface area contributed by atoms with Crippen molar-refractivity contribution in [3.05, 3.63) is 0 Å². The van der Waals surface area contributed by atoms with E-state index in [0.29, 0.717) is 32.4 Å². The highest BCUT2D eigenvalue weighted by Gasteiger charge is 2.41. The number of amides is 2. The minimum absolute atomic E-state index is 0.0428. The molecule has 0 bridgehead atoms. The highest BCUT2D eigenvalue weighted by atomic mass is 16.4. The van der Waals surface area contributed by atoms with Gasteiger partial charge in [0.1, 0.15) is 0 Å². The van der Waals surface area contributed by atoms with Gasteiger partial charge < -0.3 is 21.1 Å². The van der Waals surface area contributed by atoms with Crippen LogP contribution in [0.25, 0.3) is 0 Å². The molecule has 2 aliphatic rings. The molecule has 0 spiro atoms. The van der Waals surface area contributed by atoms with Gasteiger partial charge in [0, 0.05) is 25.2 Å². The first-order valence-corrected chi connectivity index (χ1v) is 8.03. The fourth-order valence-electron chi connectivity index (χ4n) is 3.45. The molecular weight excluding hydrogens is 270 g/mol. The smallest absolute Gasteiger partial charge is 0.317 e. The average Bonchev–Trinajstić information content (AvgIpc) is 2.49. The number of rotatable bonds is 3. The molecule has 1 saturated carbocycles. The van der Waals surface area contributed by atoms with E-state index < -0.39 is 11.4 Å². The van der Waals surface area contributed by atoms with Crippen LogP contribution in [-0.2, 0) is 4.79 Å². The molecule has 1 aliphatic heterocycles. The van der Waals surface area contributed by atoms with Crippen LogP contribution in [-0.4, -0.2) is 47.2 Å². The first kappa shape index (κ1) is 16.1. The minimum atomic E-state index is -0.737. The Bertz CT molecular complexity index is 392. The third-order valence-electron chi connectivity index (χ3n) is 5.27. The molecule has 4 N–H and O–H groups in total. The summed E-state index contributed by atoms with van der Waals surface area (Å²) in [5, 5.41) is 12.4. The number of nitrogens with two attached hydrogens (primary N) is 1. The largest absolute Gasteiger partial charge is 0.481 e. The number of likely N-dealkylation sites (tertiary alicyclic amines) is 1. The highest BCUT2D eigenvalue weighted by molar-refractivity contribution is 5.77. The molecule has 0 radical (unpaired) electrons. The zero-order valence-electron chi connectivity index (χ0n) is 12.8. The van der Waals surface area contributed by atoms with Gasteiger partial charge in [0.15, 0.2) is 0 Å². The van der Waals surface area contributed by atoms with E-state index in [-0.39, 0.29) is 18.1 Å². The summed E-state index contributed by atoms with van der Waals surface area (Å²) in [5.74, 6) is -0.737. The molecular formula is C15H27N3O3. The number of nitrogens with zero attached hydrogens (tertiary/aromatic N) is 1. The van der Waals surface area contributed by atoms with Crippen LogP contribution >= 0.6 is 0 Å². The van der Waals surface area contributed by atoms with Crippen molar-refractivity contribution in [1.29, 1.82) is 0 Å². The molecule has 1 saturated heterocycles. The first-order valence-electron chi connectivity index (χ1n) is 8.03. The number of carbonyl (C=O) groups is 2. The number of carbonyl (C=O) groups excluding carboxylic acids is 1. The third-order valence-corrected chi connectivity index (χ3v) is 5.27. The Hall–Kier alpha value is -1.30. The molecule has 2 rings (SSSR count). The summed E-state index contributed by atoms with van der Waals surface area (Å²) in [6.45, 7) is 2.92. The quantitative estimate of drug-likeness (QED) is 0.736. The number of hydrogen-bond donors (Lipinski definition) is 3. The Labute approximate surface area is 126 Å². The van der Waals surface area contributed by atoms with E-state index in [4.69, 9.17) is 5.73 Å². The summed E-state index contributed by atoms with van der Waals surface area (Å²) in [4.78, 5) is 25.4. The maximum absolute atomic E-state index is 12.3. The molecule has 0 aromatic heterocycles. The van der Waals surface area contributed by atoms with Crippen LogP contribution in [0.3, 0.4) is 0 Å². The fourth-order valence-corrected chi connectivity index (χ4v) is 3.45. The Kier molecular flexibility index (Phi) is 5.08. The van der Waals surface area contributed by atoms with Crippen molar-refractivity contribution in [2.24, 2.45) is 11.1 Å². The first-order chi connectivity index (χ1) is 9.98. The van der Waals surface area contributed by atoms with Crippen molar-refractivity contribution < 1.29 is 14.7 Å². The van der Waals surface area contributed by atoms with E-state index in [1.165, 1.54) is 0 Å². The summed E-state index contributed by atoms with van der Waals surface area (Å²) in [5.41, 5.74) is 5.40. The molecule has 0 aromatic carbocycles. The van der Waals surface area contributed by atoms with Crippen molar-refractivity contribution in [2.75, 3.05) is 13.1 Å². The van der Waals surface area contributed by atoms with Crippen molar-refractivity contribution in [3.8, 4) is 0 Å². The molecule has 1 heterocycles. The predicted molar refractivity (Wildman–Crippen MR) is 79.9 cm³/mol. The summed E-state index contributed by atoms with van der Waals surface area (Å²) in [6, 6.07) is 0.0114. The zero-order chi connectivity index (χ0) is 15.5. The average molecular weight is 297 g/mol. The summed E-state index contributed by atoms with van der Waals surface area (Å²) < 4.78 is 0. The van der Waals surface area contributed by atoms with Gasteiger partial charge in [-0.15, -0.1) is 0 Å². The maximum atomic E-state index is 12.3. The number of nitrogens with one attached hydrogen (secondary N) is 1. The third kappa shape index (κ3) is 3.48. The molecule has 2 unspecified atom stereocenters. The number of carboxylic acid groups (broad SMARTS) is 1. The second-order valence-electron chi connectivity index (χ2n) is 6.43. The maximum Gasteiger partial charge on any atom is 0.317 e. The standard InChI is InChI=1S/C15H27N3O3/c1-2-15(13(19)20)7-9-18(10-8-15)14(21)17-12-6-4-3-5-11(12)16/h11-12H,2-10,16H2,1H3,(H,17,21)(H,19,20). The fraction of sp³-hybridized carbons (Fsp3) is 0.867. The Morgan fingerprint density at radius 1 is 1.29 bits per heavy atom. The van der Waals surface area contributed by atoms with E-state index in [1.807, 2.05) is 6.92 Å². The lowest BCUT2D eigenvalue weighted by atomic mass is 9.76. The summed E-state index contributed by atoms with van der Waals surface area (Å²) >= 11 is 0. The van der Waals surface area contributed by atoms with E-state index >= 15 is 0 Å². The van der Waals surface area contributed by atoms with Crippen LogP contribution in [0.4, 0.5) is 4.79 Å². The second kappa shape index (κ2) is 6.64. The van der Waals surface area contributed by atoms with E-state index in [0.717, 1.165) is 25.7 Å². The van der Waals surface area contributed by atoms with Gasteiger partial charge in [-0.25, -0.2) is 4.79 Å². The van der Waals surface area contributed by atoms with Gasteiger partial charge in [-0.2, -0.15) is 0 Å². The number of aliphatic carboxylic acids is 1. The Morgan fingerprint density at radius 2 is 1.90 bits per heavy atom. The molecule has 2 amide bonds. The topological polar surface area (TPSA) is 95.7 Å². The molecule has 2 fully saturated rings. The molecule has 1 aliphatic carbocycles. The van der Waals surface area contributed by atoms with Crippen molar-refractivity contribution >= 4 is 12.0 Å². The van der Waals surface area contributed by atoms with Crippen LogP contribution in [0.15, 0.2) is 0 Å². The highest BCUT2D eigenvalue weighted by Crippen LogP contribution is 2.35. The van der Waals surface area contributed by atoms with Gasteiger partial charge >= 0.3 is 12.0 Å². The predicted octanol–water partition coefficient (Wildman–Crippen LogP) is 1.54. The Morgan fingerprint density at radius 3 is 2.43 bits per heavy atom. The van der Waals surface area contributed by atoms with Gasteiger partial charge in [-0.1, -0.05) is 19.8 Å². The summed E-state index contributed by atoms with van der Waals surface area (Å²) in [7, 11) is 0. The zero-order valence-corrected chi connectivity index (χ0v) is 12.8. The lowest BCUT2D eigenvalue weighted by Gasteiger charge is -2.39. The number of piperidine rings is 1. The molecule has 120 valence electrons. The van der Waals surface area contributed by atoms with Crippen LogP contribution in [0.1, 0.15) is 51.9 Å². The van der Waals surface area contributed by atoms with Gasteiger partial charge in [-0.05, 0) is 32.1 Å². The normalized spacial score (nSPS) is 29.0. The van der Waals surface area contributed by atoms with E-state index in [9.17, 15) is 14.7 Å². The number of carboxylic acids is 1. The van der Waals surface area contributed by atoms with Gasteiger partial charge in [0.05, 0.1) is 5.41 Å².